The number of rotatable bonds is 6. The second kappa shape index (κ2) is 8.01. The van der Waals surface area contributed by atoms with Crippen molar-refractivity contribution in [3.05, 3.63) is 59.7 Å². The van der Waals surface area contributed by atoms with Gasteiger partial charge < -0.3 is 14.9 Å². The molecule has 0 aliphatic carbocycles. The molecule has 2 aromatic rings. The molecule has 1 N–H and O–H groups in total. The Morgan fingerprint density at radius 2 is 2.00 bits per heavy atom. The maximum atomic E-state index is 5.76. The zero-order valence-electron chi connectivity index (χ0n) is 16.0. The Morgan fingerprint density at radius 1 is 1.15 bits per heavy atom. The standard InChI is InChI=1S/C22H27N3O2/c1-3-27-20-11-7-10-17(22(20)26-2)21-18-15-25(13-12-19(18)23-24-21)14-16-8-5-4-6-9-16/h4-11,18,21,24H,3,12-15H2,1-2H3. The zero-order chi connectivity index (χ0) is 18.6. The number of hydrogen-bond donors (Lipinski definition) is 1. The molecule has 2 heterocycles. The summed E-state index contributed by atoms with van der Waals surface area (Å²) in [7, 11) is 1.71. The summed E-state index contributed by atoms with van der Waals surface area (Å²) < 4.78 is 11.5. The van der Waals surface area contributed by atoms with Crippen molar-refractivity contribution in [1.29, 1.82) is 0 Å². The molecule has 4 rings (SSSR count). The van der Waals surface area contributed by atoms with E-state index in [2.05, 4.69) is 51.8 Å². The van der Waals surface area contributed by atoms with Crippen LogP contribution in [0.2, 0.25) is 0 Å². The van der Waals surface area contributed by atoms with Gasteiger partial charge in [-0.2, -0.15) is 5.10 Å². The van der Waals surface area contributed by atoms with Crippen molar-refractivity contribution in [2.75, 3.05) is 26.8 Å². The zero-order valence-corrected chi connectivity index (χ0v) is 16.0. The van der Waals surface area contributed by atoms with E-state index in [0.717, 1.165) is 43.1 Å². The first kappa shape index (κ1) is 17.9. The van der Waals surface area contributed by atoms with Crippen LogP contribution in [0.3, 0.4) is 0 Å². The minimum absolute atomic E-state index is 0.119. The molecule has 142 valence electrons. The third-order valence-corrected chi connectivity index (χ3v) is 5.41. The number of fused-ring (bicyclic) bond motifs is 1. The predicted octanol–water partition coefficient (Wildman–Crippen LogP) is 3.62. The van der Waals surface area contributed by atoms with Crippen LogP contribution in [0.5, 0.6) is 11.5 Å². The third kappa shape index (κ3) is 3.65. The molecule has 2 unspecified atom stereocenters. The van der Waals surface area contributed by atoms with Gasteiger partial charge in [0.05, 0.1) is 19.8 Å². The molecule has 2 aliphatic rings. The molecular weight excluding hydrogens is 338 g/mol. The molecule has 27 heavy (non-hydrogen) atoms. The van der Waals surface area contributed by atoms with E-state index in [9.17, 15) is 0 Å². The summed E-state index contributed by atoms with van der Waals surface area (Å²) in [4.78, 5) is 2.53. The maximum Gasteiger partial charge on any atom is 0.166 e. The molecule has 0 amide bonds. The maximum absolute atomic E-state index is 5.76. The van der Waals surface area contributed by atoms with Gasteiger partial charge in [-0.25, -0.2) is 0 Å². The lowest BCUT2D eigenvalue weighted by atomic mass is 9.86. The highest BCUT2D eigenvalue weighted by Crippen LogP contribution is 2.41. The van der Waals surface area contributed by atoms with E-state index in [1.165, 1.54) is 11.3 Å². The van der Waals surface area contributed by atoms with Crippen molar-refractivity contribution >= 4 is 5.71 Å². The Bertz CT molecular complexity index is 806. The van der Waals surface area contributed by atoms with Gasteiger partial charge in [0.15, 0.2) is 11.5 Å². The largest absolute Gasteiger partial charge is 0.492 e. The minimum Gasteiger partial charge on any atom is -0.492 e. The lowest BCUT2D eigenvalue weighted by molar-refractivity contribution is 0.218. The number of para-hydroxylation sites is 1. The molecular formula is C22H27N3O2. The fraction of sp³-hybridized carbons (Fsp3) is 0.409. The molecule has 0 aromatic heterocycles. The molecule has 0 radical (unpaired) electrons. The fourth-order valence-corrected chi connectivity index (χ4v) is 4.15. The highest BCUT2D eigenvalue weighted by Gasteiger charge is 2.38. The number of hydrazone groups is 1. The van der Waals surface area contributed by atoms with Crippen molar-refractivity contribution < 1.29 is 9.47 Å². The number of hydrogen-bond acceptors (Lipinski definition) is 5. The van der Waals surface area contributed by atoms with Gasteiger partial charge in [-0.3, -0.25) is 4.90 Å². The molecule has 0 saturated carbocycles. The van der Waals surface area contributed by atoms with Crippen molar-refractivity contribution in [1.82, 2.24) is 10.3 Å². The minimum atomic E-state index is 0.119. The monoisotopic (exact) mass is 365 g/mol. The highest BCUT2D eigenvalue weighted by atomic mass is 16.5. The van der Waals surface area contributed by atoms with Crippen molar-refractivity contribution in [3.8, 4) is 11.5 Å². The number of benzene rings is 2. The van der Waals surface area contributed by atoms with Gasteiger partial charge in [-0.1, -0.05) is 42.5 Å². The molecule has 1 fully saturated rings. The lowest BCUT2D eigenvalue weighted by Crippen LogP contribution is -2.41. The summed E-state index contributed by atoms with van der Waals surface area (Å²) in [6, 6.07) is 16.9. The summed E-state index contributed by atoms with van der Waals surface area (Å²) in [5.41, 5.74) is 7.12. The summed E-state index contributed by atoms with van der Waals surface area (Å²) in [6.07, 6.45) is 1.01. The average Bonchev–Trinajstić information content (AvgIpc) is 3.12. The van der Waals surface area contributed by atoms with Gasteiger partial charge in [0.2, 0.25) is 0 Å². The number of nitrogens with one attached hydrogen (secondary N) is 1. The Balaban J connectivity index is 1.55. The lowest BCUT2D eigenvalue weighted by Gasteiger charge is -2.34. The van der Waals surface area contributed by atoms with Crippen LogP contribution in [0.1, 0.15) is 30.5 Å². The van der Waals surface area contributed by atoms with Crippen LogP contribution >= 0.6 is 0 Å². The van der Waals surface area contributed by atoms with Crippen LogP contribution in [-0.4, -0.2) is 37.4 Å². The quantitative estimate of drug-likeness (QED) is 0.849. The fourth-order valence-electron chi connectivity index (χ4n) is 4.15. The number of likely N-dealkylation sites (tertiary alicyclic amines) is 1. The number of methoxy groups -OCH3 is 1. The van der Waals surface area contributed by atoms with Crippen LogP contribution in [-0.2, 0) is 6.54 Å². The summed E-state index contributed by atoms with van der Waals surface area (Å²) in [6.45, 7) is 5.63. The van der Waals surface area contributed by atoms with Crippen molar-refractivity contribution in [2.24, 2.45) is 11.0 Å². The van der Waals surface area contributed by atoms with E-state index in [4.69, 9.17) is 9.47 Å². The van der Waals surface area contributed by atoms with Crippen LogP contribution in [0.15, 0.2) is 53.6 Å². The predicted molar refractivity (Wildman–Crippen MR) is 107 cm³/mol. The van der Waals surface area contributed by atoms with Crippen LogP contribution in [0.25, 0.3) is 0 Å². The first-order chi connectivity index (χ1) is 13.3. The van der Waals surface area contributed by atoms with E-state index in [-0.39, 0.29) is 6.04 Å². The number of piperidine rings is 1. The van der Waals surface area contributed by atoms with Crippen LogP contribution in [0.4, 0.5) is 0 Å². The van der Waals surface area contributed by atoms with Gasteiger partial charge in [-0.15, -0.1) is 0 Å². The first-order valence-electron chi connectivity index (χ1n) is 9.68. The van der Waals surface area contributed by atoms with E-state index in [1.807, 2.05) is 19.1 Å². The molecule has 5 heteroatoms. The summed E-state index contributed by atoms with van der Waals surface area (Å²) >= 11 is 0. The van der Waals surface area contributed by atoms with Gasteiger partial charge >= 0.3 is 0 Å². The summed E-state index contributed by atoms with van der Waals surface area (Å²) in [5, 5.41) is 4.65. The second-order valence-corrected chi connectivity index (χ2v) is 7.10. The van der Waals surface area contributed by atoms with Crippen molar-refractivity contribution in [3.63, 3.8) is 0 Å². The van der Waals surface area contributed by atoms with E-state index in [1.54, 1.807) is 7.11 Å². The van der Waals surface area contributed by atoms with E-state index < -0.39 is 0 Å². The summed E-state index contributed by atoms with van der Waals surface area (Å²) in [5.74, 6) is 1.96. The average molecular weight is 365 g/mol. The van der Waals surface area contributed by atoms with Crippen LogP contribution in [0, 0.1) is 5.92 Å². The SMILES string of the molecule is CCOc1cccc(C2NN=C3CCN(Cc4ccccc4)CC32)c1OC. The van der Waals surface area contributed by atoms with Gasteiger partial charge in [0, 0.05) is 43.2 Å². The number of ether oxygens (including phenoxy) is 2. The molecule has 5 nitrogen and oxygen atoms in total. The van der Waals surface area contributed by atoms with Gasteiger partial charge in [0.1, 0.15) is 0 Å². The van der Waals surface area contributed by atoms with Gasteiger partial charge in [0.25, 0.3) is 0 Å². The topological polar surface area (TPSA) is 46.1 Å². The number of nitrogens with zero attached hydrogens (tertiary/aromatic N) is 2. The van der Waals surface area contributed by atoms with E-state index >= 15 is 0 Å². The molecule has 0 bridgehead atoms. The van der Waals surface area contributed by atoms with Crippen LogP contribution < -0.4 is 14.9 Å². The molecule has 2 aromatic carbocycles. The highest BCUT2D eigenvalue weighted by molar-refractivity contribution is 5.90. The third-order valence-electron chi connectivity index (χ3n) is 5.41. The van der Waals surface area contributed by atoms with E-state index in [0.29, 0.717) is 12.5 Å². The van der Waals surface area contributed by atoms with Gasteiger partial charge in [-0.05, 0) is 18.6 Å². The molecule has 1 saturated heterocycles. The van der Waals surface area contributed by atoms with Crippen molar-refractivity contribution in [2.45, 2.75) is 25.9 Å². The molecule has 2 aliphatic heterocycles. The first-order valence-corrected chi connectivity index (χ1v) is 9.68. The Hall–Kier alpha value is -2.53. The normalized spacial score (nSPS) is 21.9. The Kier molecular flexibility index (Phi) is 5.30. The Labute approximate surface area is 161 Å². The molecule has 0 spiro atoms. The molecule has 2 atom stereocenters. The Morgan fingerprint density at radius 3 is 2.78 bits per heavy atom. The second-order valence-electron chi connectivity index (χ2n) is 7.10. The smallest absolute Gasteiger partial charge is 0.166 e.